The fourth-order valence-corrected chi connectivity index (χ4v) is 10.9. The topological polar surface area (TPSA) is 0 Å². The Labute approximate surface area is 338 Å². The van der Waals surface area contributed by atoms with Crippen LogP contribution in [0.2, 0.25) is 39.3 Å². The molecule has 8 rings (SSSR count). The van der Waals surface area contributed by atoms with Gasteiger partial charge in [-0.15, -0.1) is 0 Å². The molecule has 0 saturated carbocycles. The molecule has 0 amide bonds. The summed E-state index contributed by atoms with van der Waals surface area (Å²) in [6.07, 6.45) is 0. The molecule has 0 aliphatic heterocycles. The number of rotatable bonds is 6. The molecule has 0 aliphatic rings. The number of hydrogen-bond acceptors (Lipinski definition) is 0. The second kappa shape index (κ2) is 13.4. The zero-order valence-corrected chi connectivity index (χ0v) is 37.7. The second-order valence-electron chi connectivity index (χ2n) is 20.3. The van der Waals surface area contributed by atoms with E-state index in [0.29, 0.717) is 0 Å². The molecule has 0 atom stereocenters. The van der Waals surface area contributed by atoms with E-state index >= 15 is 0 Å². The third-order valence-corrected chi connectivity index (χ3v) is 16.3. The van der Waals surface area contributed by atoms with Crippen molar-refractivity contribution >= 4 is 58.8 Å². The molecule has 0 bridgehead atoms. The van der Waals surface area contributed by atoms with Crippen LogP contribution < -0.4 is 10.4 Å². The van der Waals surface area contributed by atoms with Crippen molar-refractivity contribution in [2.24, 2.45) is 0 Å². The Kier molecular flexibility index (Phi) is 9.14. The lowest BCUT2D eigenvalue weighted by molar-refractivity contribution is 0.590. The van der Waals surface area contributed by atoms with Gasteiger partial charge in [-0.25, -0.2) is 0 Å². The van der Waals surface area contributed by atoms with Crippen LogP contribution >= 0.6 is 0 Å². The summed E-state index contributed by atoms with van der Waals surface area (Å²) >= 11 is 0. The largest absolute Gasteiger partial charge is 0.0775 e. The molecule has 8 aromatic carbocycles. The summed E-state index contributed by atoms with van der Waals surface area (Å²) in [6.45, 7) is 28.4. The molecule has 0 heterocycles. The lowest BCUT2D eigenvalue weighted by Crippen LogP contribution is -2.37. The molecule has 0 nitrogen and oxygen atoms in total. The highest BCUT2D eigenvalue weighted by atomic mass is 28.3. The van der Waals surface area contributed by atoms with E-state index in [0.717, 1.165) is 0 Å². The normalized spacial score (nSPS) is 13.0. The Morgan fingerprint density at radius 2 is 0.536 bits per heavy atom. The fourth-order valence-electron chi connectivity index (χ4n) is 8.55. The van der Waals surface area contributed by atoms with Crippen molar-refractivity contribution in [1.29, 1.82) is 0 Å². The first-order chi connectivity index (χ1) is 26.3. The van der Waals surface area contributed by atoms with Crippen molar-refractivity contribution in [3.8, 4) is 44.5 Å². The molecule has 56 heavy (non-hydrogen) atoms. The van der Waals surface area contributed by atoms with Gasteiger partial charge in [-0.2, -0.15) is 0 Å². The Balaban J connectivity index is 1.48. The molecule has 8 aromatic rings. The lowest BCUT2D eigenvalue weighted by Gasteiger charge is -2.23. The Morgan fingerprint density at radius 1 is 0.304 bits per heavy atom. The minimum atomic E-state index is -1.45. The van der Waals surface area contributed by atoms with E-state index in [1.807, 2.05) is 0 Å². The van der Waals surface area contributed by atoms with Crippen molar-refractivity contribution in [2.45, 2.75) is 91.7 Å². The third-order valence-electron chi connectivity index (χ3n) is 12.1. The molecular formula is C54H58Si2. The molecule has 0 aromatic heterocycles. The molecule has 0 radical (unpaired) electrons. The van der Waals surface area contributed by atoms with Crippen LogP contribution in [0.1, 0.15) is 52.7 Å². The van der Waals surface area contributed by atoms with Gasteiger partial charge in [0.2, 0.25) is 0 Å². The van der Waals surface area contributed by atoms with Crippen LogP contribution in [0.4, 0.5) is 0 Å². The molecule has 0 aliphatic carbocycles. The number of hydrogen-bond donors (Lipinski definition) is 0. The maximum Gasteiger partial charge on any atom is 0.0775 e. The zero-order valence-electron chi connectivity index (χ0n) is 35.7. The van der Waals surface area contributed by atoms with Crippen LogP contribution in [-0.4, -0.2) is 16.1 Å². The molecule has 282 valence electrons. The van der Waals surface area contributed by atoms with E-state index in [2.05, 4.69) is 214 Å². The van der Waals surface area contributed by atoms with E-state index in [-0.39, 0.29) is 10.8 Å². The summed E-state index contributed by atoms with van der Waals surface area (Å²) in [5.74, 6) is 0. The van der Waals surface area contributed by atoms with Gasteiger partial charge in [0.05, 0.1) is 16.1 Å². The van der Waals surface area contributed by atoms with Crippen LogP contribution in [0.15, 0.2) is 133 Å². The standard InChI is InChI=1S/C54H58Si2/c1-53(2,3)39-21-13-35(14-22-39)47-33-49(37-17-25-41(26-18-37)55(7,8)9)45-32-30-44-48(36-15-23-40(24-16-36)54(4,5)6)34-50(46-31-29-43(47)51(45)52(44)46)38-19-27-42(28-20-38)56(10,11)12/h13-34H,1-12H3. The first-order valence-corrected chi connectivity index (χ1v) is 27.5. The average Bonchev–Trinajstić information content (AvgIpc) is 3.15. The van der Waals surface area contributed by atoms with Gasteiger partial charge in [0.1, 0.15) is 0 Å². The molecule has 0 saturated heterocycles. The summed E-state index contributed by atoms with van der Waals surface area (Å²) < 4.78 is 0. The highest BCUT2D eigenvalue weighted by Crippen LogP contribution is 2.48. The van der Waals surface area contributed by atoms with Gasteiger partial charge in [0.15, 0.2) is 0 Å². The minimum absolute atomic E-state index is 0.0929. The highest BCUT2D eigenvalue weighted by Gasteiger charge is 2.24. The van der Waals surface area contributed by atoms with Crippen LogP contribution in [0.5, 0.6) is 0 Å². The zero-order chi connectivity index (χ0) is 39.9. The van der Waals surface area contributed by atoms with Crippen LogP contribution in [0.25, 0.3) is 76.8 Å². The monoisotopic (exact) mass is 762 g/mol. The molecule has 0 fully saturated rings. The van der Waals surface area contributed by atoms with Crippen molar-refractivity contribution in [1.82, 2.24) is 0 Å². The fraction of sp³-hybridized carbons (Fsp3) is 0.259. The van der Waals surface area contributed by atoms with Gasteiger partial charge in [-0.1, -0.05) is 213 Å². The van der Waals surface area contributed by atoms with Crippen LogP contribution in [0.3, 0.4) is 0 Å². The van der Waals surface area contributed by atoms with E-state index in [1.165, 1.54) is 98.3 Å². The summed E-state index contributed by atoms with van der Waals surface area (Å²) in [5.41, 5.74) is 13.1. The van der Waals surface area contributed by atoms with E-state index in [4.69, 9.17) is 0 Å². The Morgan fingerprint density at radius 3 is 0.750 bits per heavy atom. The van der Waals surface area contributed by atoms with Crippen molar-refractivity contribution in [3.05, 3.63) is 145 Å². The van der Waals surface area contributed by atoms with Crippen molar-refractivity contribution < 1.29 is 0 Å². The van der Waals surface area contributed by atoms with Crippen LogP contribution in [0, 0.1) is 0 Å². The van der Waals surface area contributed by atoms with Gasteiger partial charge in [-0.05, 0) is 111 Å². The van der Waals surface area contributed by atoms with Crippen LogP contribution in [-0.2, 0) is 10.8 Å². The molecule has 0 N–H and O–H groups in total. The number of benzene rings is 8. The predicted octanol–water partition coefficient (Wildman–Crippen LogP) is 14.9. The van der Waals surface area contributed by atoms with Gasteiger partial charge < -0.3 is 0 Å². The smallest absolute Gasteiger partial charge is 0.0656 e. The van der Waals surface area contributed by atoms with E-state index in [9.17, 15) is 0 Å². The van der Waals surface area contributed by atoms with E-state index < -0.39 is 16.1 Å². The van der Waals surface area contributed by atoms with E-state index in [1.54, 1.807) is 0 Å². The summed E-state index contributed by atoms with van der Waals surface area (Å²) in [6, 6.07) is 52.3. The summed E-state index contributed by atoms with van der Waals surface area (Å²) in [4.78, 5) is 0. The Bertz CT molecular complexity index is 2330. The van der Waals surface area contributed by atoms with Crippen molar-refractivity contribution in [2.75, 3.05) is 0 Å². The predicted molar refractivity (Wildman–Crippen MR) is 255 cm³/mol. The first-order valence-electron chi connectivity index (χ1n) is 20.5. The highest BCUT2D eigenvalue weighted by molar-refractivity contribution is 6.89. The quantitative estimate of drug-likeness (QED) is 0.117. The van der Waals surface area contributed by atoms with Gasteiger partial charge in [0, 0.05) is 0 Å². The maximum absolute atomic E-state index is 2.47. The van der Waals surface area contributed by atoms with Crippen molar-refractivity contribution in [3.63, 3.8) is 0 Å². The first kappa shape index (κ1) is 38.1. The molecule has 0 spiro atoms. The van der Waals surface area contributed by atoms with Gasteiger partial charge >= 0.3 is 0 Å². The maximum atomic E-state index is 2.47. The SMILES string of the molecule is CC(C)(C)c1ccc(-c2cc(-c3ccc([Si](C)(C)C)cc3)c3ccc4c(-c5ccc(C(C)(C)C)cc5)cc(-c5ccc([Si](C)(C)C)cc5)c5ccc2c3c45)cc1. The molecule has 0 unspecified atom stereocenters. The molecular weight excluding hydrogens is 705 g/mol. The lowest BCUT2D eigenvalue weighted by atomic mass is 9.81. The summed E-state index contributed by atoms with van der Waals surface area (Å²) in [5, 5.41) is 10.9. The second-order valence-corrected chi connectivity index (χ2v) is 30.5. The Hall–Kier alpha value is -4.77. The average molecular weight is 763 g/mol. The molecule has 2 heteroatoms. The van der Waals surface area contributed by atoms with Gasteiger partial charge in [-0.3, -0.25) is 0 Å². The van der Waals surface area contributed by atoms with Gasteiger partial charge in [0.25, 0.3) is 0 Å². The minimum Gasteiger partial charge on any atom is -0.0656 e. The third kappa shape index (κ3) is 6.86. The summed E-state index contributed by atoms with van der Waals surface area (Å²) in [7, 11) is -2.90.